The fraction of sp³-hybridized carbons (Fsp3) is 0.179. The molecule has 7 heteroatoms. The minimum absolute atomic E-state index is 0.0214. The number of carbonyl (C=O) groups is 3. The number of halogens is 1. The zero-order valence-corrected chi connectivity index (χ0v) is 20.6. The molecule has 3 amide bonds. The first kappa shape index (κ1) is 24.2. The Morgan fingerprint density at radius 1 is 0.943 bits per heavy atom. The van der Waals surface area contributed by atoms with Gasteiger partial charge < -0.3 is 10.2 Å². The molecule has 0 bridgehead atoms. The maximum atomic E-state index is 13.3. The molecule has 0 aliphatic carbocycles. The van der Waals surface area contributed by atoms with Gasteiger partial charge in [-0.15, -0.1) is 0 Å². The van der Waals surface area contributed by atoms with Crippen LogP contribution in [-0.4, -0.2) is 24.3 Å². The summed E-state index contributed by atoms with van der Waals surface area (Å²) in [6.45, 7) is 6.42. The van der Waals surface area contributed by atoms with Crippen LogP contribution in [0.5, 0.6) is 0 Å². The highest BCUT2D eigenvalue weighted by atomic mass is 35.5. The number of nitrogens with one attached hydrogen (secondary N) is 1. The molecule has 0 fully saturated rings. The second-order valence-electron chi connectivity index (χ2n) is 8.25. The lowest BCUT2D eigenvalue weighted by Crippen LogP contribution is -2.32. The summed E-state index contributed by atoms with van der Waals surface area (Å²) >= 11 is 6.28. The molecule has 0 spiro atoms. The molecule has 0 saturated carbocycles. The first-order valence-electron chi connectivity index (χ1n) is 11.5. The van der Waals surface area contributed by atoms with Crippen LogP contribution in [-0.2, 0) is 16.0 Å². The van der Waals surface area contributed by atoms with Gasteiger partial charge in [0.25, 0.3) is 17.7 Å². The van der Waals surface area contributed by atoms with E-state index >= 15 is 0 Å². The molecule has 178 valence electrons. The number of benzene rings is 3. The summed E-state index contributed by atoms with van der Waals surface area (Å²) in [5.74, 6) is -1.31. The molecule has 4 rings (SSSR count). The van der Waals surface area contributed by atoms with Gasteiger partial charge in [-0.1, -0.05) is 48.9 Å². The monoisotopic (exact) mass is 487 g/mol. The average Bonchev–Trinajstić information content (AvgIpc) is 3.07. The summed E-state index contributed by atoms with van der Waals surface area (Å²) in [6.07, 6.45) is 0.850. The van der Waals surface area contributed by atoms with Gasteiger partial charge in [0.05, 0.1) is 5.69 Å². The van der Waals surface area contributed by atoms with Crippen molar-refractivity contribution in [3.05, 3.63) is 100 Å². The van der Waals surface area contributed by atoms with E-state index in [1.54, 1.807) is 41.3 Å². The molecule has 0 radical (unpaired) electrons. The Bertz CT molecular complexity index is 1330. The summed E-state index contributed by atoms with van der Waals surface area (Å²) in [5.41, 5.74) is 4.32. The van der Waals surface area contributed by atoms with Crippen LogP contribution in [0.1, 0.15) is 35.3 Å². The van der Waals surface area contributed by atoms with E-state index in [2.05, 4.69) is 5.32 Å². The summed E-state index contributed by atoms with van der Waals surface area (Å²) < 4.78 is 0. The third-order valence-corrected chi connectivity index (χ3v) is 6.23. The second kappa shape index (κ2) is 10.2. The first-order chi connectivity index (χ1) is 16.8. The lowest BCUT2D eigenvalue weighted by molar-refractivity contribution is -0.120. The highest BCUT2D eigenvalue weighted by Gasteiger charge is 2.39. The molecule has 1 aliphatic heterocycles. The van der Waals surface area contributed by atoms with Crippen molar-refractivity contribution in [2.45, 2.75) is 27.2 Å². The second-order valence-corrected chi connectivity index (χ2v) is 8.63. The van der Waals surface area contributed by atoms with Crippen LogP contribution in [0.25, 0.3) is 0 Å². The van der Waals surface area contributed by atoms with Gasteiger partial charge in [0, 0.05) is 23.5 Å². The van der Waals surface area contributed by atoms with E-state index in [4.69, 9.17) is 11.6 Å². The van der Waals surface area contributed by atoms with E-state index < -0.39 is 11.8 Å². The molecule has 0 atom stereocenters. The van der Waals surface area contributed by atoms with Crippen molar-refractivity contribution in [3.63, 3.8) is 0 Å². The number of anilines is 3. The molecular weight excluding hydrogens is 462 g/mol. The molecule has 0 unspecified atom stereocenters. The number of nitrogens with zero attached hydrogens (tertiary/aromatic N) is 2. The normalized spacial score (nSPS) is 13.4. The largest absolute Gasteiger partial charge is 0.350 e. The Hall–Kier alpha value is -3.90. The number of imide groups is 1. The van der Waals surface area contributed by atoms with E-state index in [1.807, 2.05) is 57.2 Å². The van der Waals surface area contributed by atoms with Crippen molar-refractivity contribution >= 4 is 46.4 Å². The van der Waals surface area contributed by atoms with Crippen LogP contribution in [0.2, 0.25) is 0 Å². The topological polar surface area (TPSA) is 69.7 Å². The van der Waals surface area contributed by atoms with Crippen LogP contribution < -0.4 is 15.1 Å². The minimum atomic E-state index is -0.591. The Labute approximate surface area is 209 Å². The van der Waals surface area contributed by atoms with Crippen LogP contribution in [0.3, 0.4) is 0 Å². The number of hydrogen-bond donors (Lipinski definition) is 1. The van der Waals surface area contributed by atoms with Gasteiger partial charge in [0.15, 0.2) is 0 Å². The number of amides is 3. The van der Waals surface area contributed by atoms with Crippen LogP contribution >= 0.6 is 11.6 Å². The highest BCUT2D eigenvalue weighted by Crippen LogP contribution is 2.30. The standard InChI is InChI=1S/C28H26ClN3O3/c1-4-19-12-14-22(15-13-19)32-27(34)24(29)25(28(32)35)30-21-10-7-9-20(17-21)26(33)31(5-2)23-11-6-8-18(3)16-23/h6-17,30H,4-5H2,1-3H3. The Morgan fingerprint density at radius 3 is 2.31 bits per heavy atom. The van der Waals surface area contributed by atoms with Gasteiger partial charge in [-0.2, -0.15) is 0 Å². The maximum absolute atomic E-state index is 13.3. The summed E-state index contributed by atoms with van der Waals surface area (Å²) in [6, 6.07) is 21.7. The van der Waals surface area contributed by atoms with Gasteiger partial charge in [-0.3, -0.25) is 14.4 Å². The van der Waals surface area contributed by atoms with Gasteiger partial charge in [-0.25, -0.2) is 4.90 Å². The molecule has 0 saturated heterocycles. The third-order valence-electron chi connectivity index (χ3n) is 5.88. The zero-order chi connectivity index (χ0) is 25.1. The molecule has 0 aromatic heterocycles. The lowest BCUT2D eigenvalue weighted by Gasteiger charge is -2.22. The number of carbonyl (C=O) groups excluding carboxylic acids is 3. The van der Waals surface area contributed by atoms with Gasteiger partial charge in [0.1, 0.15) is 10.7 Å². The van der Waals surface area contributed by atoms with E-state index in [-0.39, 0.29) is 16.6 Å². The van der Waals surface area contributed by atoms with E-state index in [9.17, 15) is 14.4 Å². The van der Waals surface area contributed by atoms with Crippen LogP contribution in [0, 0.1) is 6.92 Å². The Kier molecular flexibility index (Phi) is 7.03. The molecule has 1 heterocycles. The fourth-order valence-electron chi connectivity index (χ4n) is 4.00. The predicted octanol–water partition coefficient (Wildman–Crippen LogP) is 5.66. The summed E-state index contributed by atoms with van der Waals surface area (Å²) in [5, 5.41) is 2.77. The van der Waals surface area contributed by atoms with E-state index in [0.717, 1.165) is 28.1 Å². The van der Waals surface area contributed by atoms with Gasteiger partial charge in [0.2, 0.25) is 0 Å². The molecule has 3 aromatic carbocycles. The lowest BCUT2D eigenvalue weighted by atomic mass is 10.1. The number of rotatable bonds is 7. The minimum Gasteiger partial charge on any atom is -0.350 e. The van der Waals surface area contributed by atoms with Crippen molar-refractivity contribution in [2.24, 2.45) is 0 Å². The zero-order valence-electron chi connectivity index (χ0n) is 19.8. The van der Waals surface area contributed by atoms with E-state index in [0.29, 0.717) is 23.5 Å². The predicted molar refractivity (Wildman–Crippen MR) is 140 cm³/mol. The van der Waals surface area contributed by atoms with Gasteiger partial charge >= 0.3 is 0 Å². The van der Waals surface area contributed by atoms with Crippen molar-refractivity contribution in [2.75, 3.05) is 21.7 Å². The smallest absolute Gasteiger partial charge is 0.283 e. The van der Waals surface area contributed by atoms with Crippen LogP contribution in [0.15, 0.2) is 83.5 Å². The van der Waals surface area contributed by atoms with Crippen molar-refractivity contribution in [1.29, 1.82) is 0 Å². The molecular formula is C28H26ClN3O3. The molecule has 3 aromatic rings. The molecule has 35 heavy (non-hydrogen) atoms. The Morgan fingerprint density at radius 2 is 1.66 bits per heavy atom. The van der Waals surface area contributed by atoms with Gasteiger partial charge in [-0.05, 0) is 73.9 Å². The highest BCUT2D eigenvalue weighted by molar-refractivity contribution is 6.53. The SMILES string of the molecule is CCc1ccc(N2C(=O)C(Cl)=C(Nc3cccc(C(=O)N(CC)c4cccc(C)c4)c3)C2=O)cc1. The quantitative estimate of drug-likeness (QED) is 0.436. The number of aryl methyl sites for hydroxylation is 2. The molecule has 1 aliphatic rings. The molecule has 1 N–H and O–H groups in total. The van der Waals surface area contributed by atoms with Crippen molar-refractivity contribution in [1.82, 2.24) is 0 Å². The summed E-state index contributed by atoms with van der Waals surface area (Å²) in [7, 11) is 0. The summed E-state index contributed by atoms with van der Waals surface area (Å²) in [4.78, 5) is 41.9. The maximum Gasteiger partial charge on any atom is 0.283 e. The Balaban J connectivity index is 1.57. The number of hydrogen-bond acceptors (Lipinski definition) is 4. The van der Waals surface area contributed by atoms with Crippen molar-refractivity contribution < 1.29 is 14.4 Å². The average molecular weight is 488 g/mol. The van der Waals surface area contributed by atoms with Crippen LogP contribution in [0.4, 0.5) is 17.1 Å². The fourth-order valence-corrected chi connectivity index (χ4v) is 4.21. The first-order valence-corrected chi connectivity index (χ1v) is 11.8. The molecule has 6 nitrogen and oxygen atoms in total. The van der Waals surface area contributed by atoms with E-state index in [1.165, 1.54) is 0 Å². The van der Waals surface area contributed by atoms with Crippen molar-refractivity contribution in [3.8, 4) is 0 Å². The third kappa shape index (κ3) is 4.84.